The van der Waals surface area contributed by atoms with Crippen LogP contribution in [0.1, 0.15) is 17.8 Å². The number of benzene rings is 1. The van der Waals surface area contributed by atoms with E-state index in [1.54, 1.807) is 23.3 Å². The minimum atomic E-state index is -0.342. The Hall–Kier alpha value is -2.17. The fourth-order valence-corrected chi connectivity index (χ4v) is 3.60. The lowest BCUT2D eigenvalue weighted by atomic mass is 10.2. The maximum atomic E-state index is 12.0. The summed E-state index contributed by atoms with van der Waals surface area (Å²) in [5.74, 6) is 0. The molecule has 2 aromatic rings. The highest BCUT2D eigenvalue weighted by Gasteiger charge is 2.32. The van der Waals surface area contributed by atoms with Gasteiger partial charge in [0.2, 0.25) is 0 Å². The summed E-state index contributed by atoms with van der Waals surface area (Å²) in [6, 6.07) is 7.92. The number of cyclic esters (lactones) is 1. The van der Waals surface area contributed by atoms with Crippen LogP contribution >= 0.6 is 11.3 Å². The van der Waals surface area contributed by atoms with Crippen molar-refractivity contribution >= 4 is 33.3 Å². The van der Waals surface area contributed by atoms with Gasteiger partial charge < -0.3 is 9.47 Å². The van der Waals surface area contributed by atoms with Gasteiger partial charge in [0.1, 0.15) is 6.10 Å². The van der Waals surface area contributed by atoms with E-state index in [0.717, 1.165) is 33.8 Å². The van der Waals surface area contributed by atoms with Crippen LogP contribution in [0.4, 0.5) is 10.5 Å². The Labute approximate surface area is 138 Å². The summed E-state index contributed by atoms with van der Waals surface area (Å²) >= 11 is 1.61. The maximum Gasteiger partial charge on any atom is 0.414 e. The second-order valence-electron chi connectivity index (χ2n) is 5.34. The lowest BCUT2D eigenvalue weighted by molar-refractivity contribution is 0.0718. The average molecular weight is 331 g/mol. The summed E-state index contributed by atoms with van der Waals surface area (Å²) in [5, 5.41) is 9.62. The van der Waals surface area contributed by atoms with Crippen LogP contribution in [0.2, 0.25) is 0 Å². The second kappa shape index (κ2) is 6.94. The van der Waals surface area contributed by atoms with E-state index in [1.165, 1.54) is 0 Å². The Morgan fingerprint density at radius 1 is 1.57 bits per heavy atom. The minimum absolute atomic E-state index is 0.230. The molecule has 1 aromatic heterocycles. The number of rotatable bonds is 6. The molecule has 2 heterocycles. The highest BCUT2D eigenvalue weighted by Crippen LogP contribution is 2.30. The molecule has 1 amide bonds. The number of methoxy groups -OCH3 is 1. The van der Waals surface area contributed by atoms with Crippen LogP contribution in [0.5, 0.6) is 0 Å². The monoisotopic (exact) mass is 331 g/mol. The number of carbonyl (C=O) groups is 1. The second-order valence-corrected chi connectivity index (χ2v) is 6.46. The molecule has 1 saturated heterocycles. The summed E-state index contributed by atoms with van der Waals surface area (Å²) in [4.78, 5) is 18.2. The van der Waals surface area contributed by atoms with Crippen LogP contribution in [-0.4, -0.2) is 37.4 Å². The highest BCUT2D eigenvalue weighted by molar-refractivity contribution is 7.18. The molecule has 1 aliphatic heterocycles. The summed E-state index contributed by atoms with van der Waals surface area (Å²) < 4.78 is 11.4. The molecule has 0 radical (unpaired) electrons. The van der Waals surface area contributed by atoms with Crippen molar-refractivity contribution in [2.75, 3.05) is 25.2 Å². The number of aryl methyl sites for hydroxylation is 1. The van der Waals surface area contributed by atoms with Crippen molar-refractivity contribution in [1.29, 1.82) is 5.26 Å². The molecule has 7 heteroatoms. The third-order valence-electron chi connectivity index (χ3n) is 3.63. The van der Waals surface area contributed by atoms with Crippen molar-refractivity contribution in [2.24, 2.45) is 0 Å². The molecule has 3 rings (SSSR count). The molecule has 120 valence electrons. The number of hydrogen-bond donors (Lipinski definition) is 0. The van der Waals surface area contributed by atoms with Crippen molar-refractivity contribution in [1.82, 2.24) is 4.98 Å². The van der Waals surface area contributed by atoms with Crippen LogP contribution in [-0.2, 0) is 15.9 Å². The van der Waals surface area contributed by atoms with Crippen molar-refractivity contribution in [3.05, 3.63) is 23.2 Å². The number of nitrogens with zero attached hydrogens (tertiary/aromatic N) is 3. The fraction of sp³-hybridized carbons (Fsp3) is 0.438. The summed E-state index contributed by atoms with van der Waals surface area (Å²) in [6.07, 6.45) is 1.60. The molecule has 0 bridgehead atoms. The Morgan fingerprint density at radius 3 is 3.22 bits per heavy atom. The van der Waals surface area contributed by atoms with E-state index in [-0.39, 0.29) is 12.2 Å². The zero-order chi connectivity index (χ0) is 16.2. The summed E-state index contributed by atoms with van der Waals surface area (Å²) in [5.41, 5.74) is 1.74. The molecule has 0 spiro atoms. The molecule has 23 heavy (non-hydrogen) atoms. The normalized spacial score (nSPS) is 17.5. The molecule has 6 nitrogen and oxygen atoms in total. The lowest BCUT2D eigenvalue weighted by Crippen LogP contribution is -2.25. The molecule has 0 saturated carbocycles. The Morgan fingerprint density at radius 2 is 2.43 bits per heavy atom. The van der Waals surface area contributed by atoms with Crippen LogP contribution in [0.3, 0.4) is 0 Å². The van der Waals surface area contributed by atoms with Gasteiger partial charge in [0.25, 0.3) is 0 Å². The third-order valence-corrected chi connectivity index (χ3v) is 4.71. The van der Waals surface area contributed by atoms with Gasteiger partial charge in [-0.2, -0.15) is 5.26 Å². The molecule has 1 aliphatic rings. The smallest absolute Gasteiger partial charge is 0.414 e. The minimum Gasteiger partial charge on any atom is -0.441 e. The van der Waals surface area contributed by atoms with E-state index in [9.17, 15) is 4.79 Å². The Balaban J connectivity index is 1.77. The molecule has 1 aromatic carbocycles. The highest BCUT2D eigenvalue weighted by atomic mass is 32.1. The molecule has 0 N–H and O–H groups in total. The standard InChI is InChI=1S/C16H17N3O3S/c1-21-10-12-9-19(16(20)22-12)11-5-6-13-14(8-11)23-15(18-13)4-2-3-7-17/h5-6,8,12H,2-4,9-10H2,1H3. The Bertz CT molecular complexity index is 753. The van der Waals surface area contributed by atoms with E-state index in [4.69, 9.17) is 14.7 Å². The van der Waals surface area contributed by atoms with Crippen LogP contribution < -0.4 is 4.90 Å². The fourth-order valence-electron chi connectivity index (χ4n) is 2.56. The van der Waals surface area contributed by atoms with Crippen molar-refractivity contribution in [3.63, 3.8) is 0 Å². The number of carbonyl (C=O) groups excluding carboxylic acids is 1. The number of fused-ring (bicyclic) bond motifs is 1. The first-order chi connectivity index (χ1) is 11.2. The Kier molecular flexibility index (Phi) is 4.74. The van der Waals surface area contributed by atoms with Gasteiger partial charge in [-0.25, -0.2) is 9.78 Å². The number of anilines is 1. The topological polar surface area (TPSA) is 75.5 Å². The number of hydrogen-bond acceptors (Lipinski definition) is 6. The van der Waals surface area contributed by atoms with Gasteiger partial charge in [-0.1, -0.05) is 0 Å². The summed E-state index contributed by atoms with van der Waals surface area (Å²) in [7, 11) is 1.59. The van der Waals surface area contributed by atoms with E-state index in [0.29, 0.717) is 19.6 Å². The first kappa shape index (κ1) is 15.7. The number of aromatic nitrogens is 1. The van der Waals surface area contributed by atoms with Gasteiger partial charge in [-0.3, -0.25) is 4.90 Å². The van der Waals surface area contributed by atoms with Gasteiger partial charge in [0.05, 0.1) is 34.4 Å². The molecule has 1 atom stereocenters. The number of thiazole rings is 1. The molecular weight excluding hydrogens is 314 g/mol. The largest absolute Gasteiger partial charge is 0.441 e. The predicted molar refractivity (Wildman–Crippen MR) is 87.7 cm³/mol. The lowest BCUT2D eigenvalue weighted by Gasteiger charge is -2.12. The van der Waals surface area contributed by atoms with Crippen molar-refractivity contribution in [2.45, 2.75) is 25.4 Å². The van der Waals surface area contributed by atoms with E-state index < -0.39 is 0 Å². The molecule has 0 aliphatic carbocycles. The van der Waals surface area contributed by atoms with E-state index in [1.807, 2.05) is 18.2 Å². The number of unbranched alkanes of at least 4 members (excludes halogenated alkanes) is 1. The predicted octanol–water partition coefficient (Wildman–Crippen LogP) is 3.11. The van der Waals surface area contributed by atoms with Crippen LogP contribution in [0, 0.1) is 11.3 Å². The first-order valence-corrected chi connectivity index (χ1v) is 8.26. The number of amides is 1. The molecule has 1 unspecified atom stereocenters. The van der Waals surface area contributed by atoms with Gasteiger partial charge in [-0.15, -0.1) is 11.3 Å². The number of ether oxygens (including phenoxy) is 2. The number of nitriles is 1. The first-order valence-electron chi connectivity index (χ1n) is 7.45. The maximum absolute atomic E-state index is 12.0. The quantitative estimate of drug-likeness (QED) is 0.760. The van der Waals surface area contributed by atoms with Crippen molar-refractivity contribution in [3.8, 4) is 6.07 Å². The summed E-state index contributed by atoms with van der Waals surface area (Å²) in [6.45, 7) is 0.889. The van der Waals surface area contributed by atoms with Gasteiger partial charge in [0.15, 0.2) is 0 Å². The molecular formula is C16H17N3O3S. The van der Waals surface area contributed by atoms with Gasteiger partial charge >= 0.3 is 6.09 Å². The van der Waals surface area contributed by atoms with Gasteiger partial charge in [0, 0.05) is 25.6 Å². The van der Waals surface area contributed by atoms with Gasteiger partial charge in [-0.05, 0) is 24.6 Å². The van der Waals surface area contributed by atoms with Crippen molar-refractivity contribution < 1.29 is 14.3 Å². The van der Waals surface area contributed by atoms with Crippen LogP contribution in [0.15, 0.2) is 18.2 Å². The third kappa shape index (κ3) is 3.44. The van der Waals surface area contributed by atoms with Crippen LogP contribution in [0.25, 0.3) is 10.2 Å². The van der Waals surface area contributed by atoms with E-state index in [2.05, 4.69) is 11.1 Å². The SMILES string of the molecule is COCC1CN(c2ccc3nc(CCCC#N)sc3c2)C(=O)O1. The zero-order valence-electron chi connectivity index (χ0n) is 12.8. The average Bonchev–Trinajstić information content (AvgIpc) is 3.10. The van der Waals surface area contributed by atoms with E-state index >= 15 is 0 Å². The molecule has 1 fully saturated rings. The zero-order valence-corrected chi connectivity index (χ0v) is 13.6.